The molecule has 0 fully saturated rings. The molecule has 0 aliphatic carbocycles. The predicted molar refractivity (Wildman–Crippen MR) is 51.7 cm³/mol. The molecule has 0 aromatic rings. The molecule has 0 aromatic heterocycles. The van der Waals surface area contributed by atoms with Crippen molar-refractivity contribution in [1.29, 1.82) is 0 Å². The first-order valence-electron chi connectivity index (χ1n) is 3.65. The van der Waals surface area contributed by atoms with E-state index in [1.165, 1.54) is 0 Å². The molecule has 4 nitrogen and oxygen atoms in total. The molecular weight excluding hydrogens is 214 g/mol. The Balaban J connectivity index is 4.65. The van der Waals surface area contributed by atoms with E-state index in [1.807, 2.05) is 0 Å². The van der Waals surface area contributed by atoms with Crippen LogP contribution in [-0.2, 0) is 13.8 Å². The molecule has 6 heteroatoms. The molecule has 0 radical (unpaired) electrons. The lowest BCUT2D eigenvalue weighted by atomic mass is 10.2. The molecule has 76 valence electrons. The van der Waals surface area contributed by atoms with Gasteiger partial charge in [-0.05, 0) is 12.0 Å². The molecule has 13 heavy (non-hydrogen) atoms. The van der Waals surface area contributed by atoms with Crippen LogP contribution in [0.4, 0.5) is 0 Å². The van der Waals surface area contributed by atoms with Crippen LogP contribution in [0.2, 0.25) is 0 Å². The highest BCUT2D eigenvalue weighted by molar-refractivity contribution is 8.14. The second-order valence-electron chi connectivity index (χ2n) is 2.85. The zero-order chi connectivity index (χ0) is 10.6. The highest BCUT2D eigenvalue weighted by Crippen LogP contribution is 2.13. The topological polar surface area (TPSA) is 63.2 Å². The Morgan fingerprint density at radius 2 is 2.00 bits per heavy atom. The number of halogens is 1. The molecule has 0 bridgehead atoms. The highest BCUT2D eigenvalue weighted by Gasteiger charge is 2.27. The molecule has 0 saturated carbocycles. The van der Waals surface area contributed by atoms with Crippen LogP contribution in [0.15, 0.2) is 12.7 Å². The average molecular weight is 226 g/mol. The van der Waals surface area contributed by atoms with Gasteiger partial charge in [0.1, 0.15) is 5.37 Å². The number of carbonyl (C=O) groups excluding carboxylic acids is 1. The van der Waals surface area contributed by atoms with Crippen molar-refractivity contribution in [2.45, 2.75) is 19.2 Å². The third-order valence-electron chi connectivity index (χ3n) is 1.38. The van der Waals surface area contributed by atoms with Gasteiger partial charge in [-0.25, -0.2) is 8.42 Å². The van der Waals surface area contributed by atoms with Crippen LogP contribution in [-0.4, -0.2) is 19.7 Å². The van der Waals surface area contributed by atoms with E-state index in [4.69, 9.17) is 10.7 Å². The minimum Gasteiger partial charge on any atom is -0.335 e. The zero-order valence-electron chi connectivity index (χ0n) is 7.45. The lowest BCUT2D eigenvalue weighted by Gasteiger charge is -2.17. The smallest absolute Gasteiger partial charge is 0.253 e. The van der Waals surface area contributed by atoms with Gasteiger partial charge in [-0.1, -0.05) is 20.4 Å². The minimum absolute atomic E-state index is 0.286. The van der Waals surface area contributed by atoms with Gasteiger partial charge in [0.25, 0.3) is 9.05 Å². The van der Waals surface area contributed by atoms with Crippen molar-refractivity contribution in [2.24, 2.45) is 5.92 Å². The number of nitrogens with one attached hydrogen (secondary N) is 1. The Morgan fingerprint density at radius 1 is 1.54 bits per heavy atom. The fourth-order valence-electron chi connectivity index (χ4n) is 0.761. The van der Waals surface area contributed by atoms with Crippen LogP contribution in [0.1, 0.15) is 13.8 Å². The predicted octanol–water partition coefficient (Wildman–Crippen LogP) is 0.839. The van der Waals surface area contributed by atoms with Gasteiger partial charge in [0, 0.05) is 10.7 Å². The highest BCUT2D eigenvalue weighted by atomic mass is 35.7. The van der Waals surface area contributed by atoms with Crippen LogP contribution in [0.5, 0.6) is 0 Å². The summed E-state index contributed by atoms with van der Waals surface area (Å²) in [5, 5.41) is 1.16. The van der Waals surface area contributed by atoms with Gasteiger partial charge >= 0.3 is 0 Å². The maximum absolute atomic E-state index is 10.9. The van der Waals surface area contributed by atoms with Gasteiger partial charge in [-0.3, -0.25) is 4.79 Å². The second-order valence-corrected chi connectivity index (χ2v) is 5.60. The number of hydrogen-bond donors (Lipinski definition) is 1. The summed E-state index contributed by atoms with van der Waals surface area (Å²) in [4.78, 5) is 10.8. The summed E-state index contributed by atoms with van der Waals surface area (Å²) in [7, 11) is 1.34. The molecule has 0 saturated heterocycles. The first-order valence-corrected chi connectivity index (χ1v) is 6.02. The van der Waals surface area contributed by atoms with Crippen molar-refractivity contribution in [3.8, 4) is 0 Å². The van der Waals surface area contributed by atoms with E-state index in [1.54, 1.807) is 13.8 Å². The van der Waals surface area contributed by atoms with E-state index in [2.05, 4.69) is 11.9 Å². The molecule has 0 spiro atoms. The van der Waals surface area contributed by atoms with Gasteiger partial charge in [-0.2, -0.15) is 0 Å². The normalized spacial score (nSPS) is 13.8. The summed E-state index contributed by atoms with van der Waals surface area (Å²) >= 11 is 0. The maximum Gasteiger partial charge on any atom is 0.253 e. The van der Waals surface area contributed by atoms with E-state index < -0.39 is 20.3 Å². The number of hydrogen-bond acceptors (Lipinski definition) is 3. The van der Waals surface area contributed by atoms with E-state index >= 15 is 0 Å². The molecule has 1 amide bonds. The molecule has 1 N–H and O–H groups in total. The van der Waals surface area contributed by atoms with Crippen LogP contribution in [0.3, 0.4) is 0 Å². The van der Waals surface area contributed by atoms with Crippen LogP contribution in [0.25, 0.3) is 0 Å². The van der Waals surface area contributed by atoms with Gasteiger partial charge in [0.05, 0.1) is 0 Å². The second kappa shape index (κ2) is 4.62. The molecule has 1 atom stereocenters. The standard InChI is InChI=1S/C7H12ClNO3S/c1-4-6(10)9-7(5(2)3)13(8,11)12/h4-5,7H,1H2,2-3H3,(H,9,10). The summed E-state index contributed by atoms with van der Waals surface area (Å²) in [5.41, 5.74) is 0. The Hall–Kier alpha value is -0.550. The van der Waals surface area contributed by atoms with Gasteiger partial charge in [0.15, 0.2) is 0 Å². The van der Waals surface area contributed by atoms with E-state index in [0.29, 0.717) is 0 Å². The van der Waals surface area contributed by atoms with Crippen LogP contribution >= 0.6 is 10.7 Å². The van der Waals surface area contributed by atoms with E-state index in [-0.39, 0.29) is 5.92 Å². The Morgan fingerprint density at radius 3 is 2.23 bits per heavy atom. The first kappa shape index (κ1) is 12.4. The third kappa shape index (κ3) is 4.28. The van der Waals surface area contributed by atoms with Crippen molar-refractivity contribution in [3.63, 3.8) is 0 Å². The fraction of sp³-hybridized carbons (Fsp3) is 0.571. The minimum atomic E-state index is -3.78. The Labute approximate surface area is 82.4 Å². The summed E-state index contributed by atoms with van der Waals surface area (Å²) in [5.74, 6) is -0.839. The summed E-state index contributed by atoms with van der Waals surface area (Å²) < 4.78 is 21.9. The SMILES string of the molecule is C=CC(=O)NC(C(C)C)S(=O)(=O)Cl. The van der Waals surface area contributed by atoms with Gasteiger partial charge in [0.2, 0.25) is 5.91 Å². The van der Waals surface area contributed by atoms with Crippen molar-refractivity contribution >= 4 is 25.6 Å². The molecule has 1 unspecified atom stereocenters. The van der Waals surface area contributed by atoms with Crippen molar-refractivity contribution < 1.29 is 13.2 Å². The van der Waals surface area contributed by atoms with Crippen LogP contribution in [0, 0.1) is 5.92 Å². The van der Waals surface area contributed by atoms with Crippen molar-refractivity contribution in [1.82, 2.24) is 5.32 Å². The zero-order valence-corrected chi connectivity index (χ0v) is 9.02. The number of carbonyl (C=O) groups is 1. The van der Waals surface area contributed by atoms with Crippen molar-refractivity contribution in [3.05, 3.63) is 12.7 Å². The fourth-order valence-corrected chi connectivity index (χ4v) is 2.42. The lowest BCUT2D eigenvalue weighted by Crippen LogP contribution is -2.41. The first-order chi connectivity index (χ1) is 5.79. The lowest BCUT2D eigenvalue weighted by molar-refractivity contribution is -0.116. The number of rotatable bonds is 4. The molecular formula is C7H12ClNO3S. The third-order valence-corrected chi connectivity index (χ3v) is 3.22. The Kier molecular flexibility index (Phi) is 4.43. The van der Waals surface area contributed by atoms with E-state index in [0.717, 1.165) is 6.08 Å². The van der Waals surface area contributed by atoms with Crippen molar-refractivity contribution in [2.75, 3.05) is 0 Å². The molecule has 0 aliphatic rings. The maximum atomic E-state index is 10.9. The van der Waals surface area contributed by atoms with Crippen LogP contribution < -0.4 is 5.32 Å². The van der Waals surface area contributed by atoms with Gasteiger partial charge in [-0.15, -0.1) is 0 Å². The van der Waals surface area contributed by atoms with E-state index in [9.17, 15) is 13.2 Å². The molecule has 0 rings (SSSR count). The summed E-state index contributed by atoms with van der Waals surface area (Å²) in [6, 6.07) is 0. The quantitative estimate of drug-likeness (QED) is 0.570. The molecule has 0 aromatic carbocycles. The largest absolute Gasteiger partial charge is 0.335 e. The number of amides is 1. The van der Waals surface area contributed by atoms with Gasteiger partial charge < -0.3 is 5.32 Å². The molecule has 0 heterocycles. The monoisotopic (exact) mass is 225 g/mol. The molecule has 0 aliphatic heterocycles. The summed E-state index contributed by atoms with van der Waals surface area (Å²) in [6.45, 7) is 6.50. The Bertz CT molecular complexity index is 297. The average Bonchev–Trinajstić information content (AvgIpc) is 1.96. The summed E-state index contributed by atoms with van der Waals surface area (Å²) in [6.07, 6.45) is 0.997.